The van der Waals surface area contributed by atoms with Crippen LogP contribution in [0.5, 0.6) is 0 Å². The molecule has 0 saturated heterocycles. The van der Waals surface area contributed by atoms with Crippen LogP contribution in [0.1, 0.15) is 18.9 Å². The van der Waals surface area contributed by atoms with E-state index in [1.165, 1.54) is 16.3 Å². The molecule has 0 spiro atoms. The molecule has 0 aliphatic heterocycles. The van der Waals surface area contributed by atoms with E-state index in [4.69, 9.17) is 0 Å². The van der Waals surface area contributed by atoms with E-state index in [0.717, 1.165) is 18.2 Å². The Morgan fingerprint density at radius 1 is 1.38 bits per heavy atom. The van der Waals surface area contributed by atoms with Gasteiger partial charge in [0.25, 0.3) is 0 Å². The first-order chi connectivity index (χ1) is 6.31. The fourth-order valence-electron chi connectivity index (χ4n) is 1.52. The minimum Gasteiger partial charge on any atom is -0.207 e. The summed E-state index contributed by atoms with van der Waals surface area (Å²) in [6.45, 7) is 2.14. The zero-order valence-corrected chi connectivity index (χ0v) is 8.33. The second-order valence-electron chi connectivity index (χ2n) is 3.15. The molecule has 0 amide bonds. The molecule has 2 heteroatoms. The molecule has 1 aromatic carbocycles. The highest BCUT2D eigenvalue weighted by molar-refractivity contribution is 7.17. The second kappa shape index (κ2) is 3.46. The molecule has 0 nitrogen and oxygen atoms in total. The zero-order chi connectivity index (χ0) is 9.26. The van der Waals surface area contributed by atoms with Crippen molar-refractivity contribution in [1.29, 1.82) is 0 Å². The first kappa shape index (κ1) is 8.70. The van der Waals surface area contributed by atoms with Gasteiger partial charge in [-0.3, -0.25) is 0 Å². The summed E-state index contributed by atoms with van der Waals surface area (Å²) >= 11 is 1.70. The number of aryl methyl sites for hydroxylation is 1. The van der Waals surface area contributed by atoms with Crippen LogP contribution in [0, 0.1) is 5.82 Å². The summed E-state index contributed by atoms with van der Waals surface area (Å²) in [7, 11) is 0. The SMILES string of the molecule is CCCc1csc2ccc(F)cc12. The Balaban J connectivity index is 2.58. The largest absolute Gasteiger partial charge is 0.207 e. The number of fused-ring (bicyclic) bond motifs is 1. The van der Waals surface area contributed by atoms with E-state index in [9.17, 15) is 4.39 Å². The number of benzene rings is 1. The second-order valence-corrected chi connectivity index (χ2v) is 4.06. The monoisotopic (exact) mass is 194 g/mol. The van der Waals surface area contributed by atoms with Crippen molar-refractivity contribution in [3.8, 4) is 0 Å². The molecule has 0 bridgehead atoms. The number of rotatable bonds is 2. The van der Waals surface area contributed by atoms with Gasteiger partial charge in [0.15, 0.2) is 0 Å². The number of halogens is 1. The highest BCUT2D eigenvalue weighted by Gasteiger charge is 2.03. The van der Waals surface area contributed by atoms with Gasteiger partial charge in [-0.1, -0.05) is 13.3 Å². The van der Waals surface area contributed by atoms with Crippen molar-refractivity contribution in [2.75, 3.05) is 0 Å². The van der Waals surface area contributed by atoms with E-state index >= 15 is 0 Å². The summed E-state index contributed by atoms with van der Waals surface area (Å²) < 4.78 is 14.1. The average molecular weight is 194 g/mol. The van der Waals surface area contributed by atoms with Gasteiger partial charge in [0.05, 0.1) is 0 Å². The molecule has 0 saturated carbocycles. The number of hydrogen-bond acceptors (Lipinski definition) is 1. The first-order valence-electron chi connectivity index (χ1n) is 4.47. The smallest absolute Gasteiger partial charge is 0.123 e. The third-order valence-electron chi connectivity index (χ3n) is 2.14. The van der Waals surface area contributed by atoms with Crippen LogP contribution in [-0.4, -0.2) is 0 Å². The van der Waals surface area contributed by atoms with Crippen LogP contribution in [0.15, 0.2) is 23.6 Å². The van der Waals surface area contributed by atoms with Gasteiger partial charge in [0.2, 0.25) is 0 Å². The van der Waals surface area contributed by atoms with Crippen LogP contribution in [0.25, 0.3) is 10.1 Å². The van der Waals surface area contributed by atoms with Gasteiger partial charge in [-0.15, -0.1) is 11.3 Å². The topological polar surface area (TPSA) is 0 Å². The summed E-state index contributed by atoms with van der Waals surface area (Å²) in [5.41, 5.74) is 1.28. The molecule has 0 atom stereocenters. The van der Waals surface area contributed by atoms with E-state index < -0.39 is 0 Å². The lowest BCUT2D eigenvalue weighted by Gasteiger charge is -1.95. The summed E-state index contributed by atoms with van der Waals surface area (Å²) in [5, 5.41) is 3.22. The quantitative estimate of drug-likeness (QED) is 0.678. The Labute approximate surface area is 81.0 Å². The fourth-order valence-corrected chi connectivity index (χ4v) is 2.49. The number of hydrogen-bond donors (Lipinski definition) is 0. The van der Waals surface area contributed by atoms with Crippen molar-refractivity contribution in [2.45, 2.75) is 19.8 Å². The molecule has 2 rings (SSSR count). The van der Waals surface area contributed by atoms with Gasteiger partial charge in [-0.2, -0.15) is 0 Å². The van der Waals surface area contributed by atoms with Crippen molar-refractivity contribution >= 4 is 21.4 Å². The average Bonchev–Trinajstić information content (AvgIpc) is 2.49. The standard InChI is InChI=1S/C11H11FS/c1-2-3-8-7-13-11-5-4-9(12)6-10(8)11/h4-7H,2-3H2,1H3. The van der Waals surface area contributed by atoms with Crippen molar-refractivity contribution < 1.29 is 4.39 Å². The molecule has 0 unspecified atom stereocenters. The molecule has 13 heavy (non-hydrogen) atoms. The normalized spacial score (nSPS) is 10.9. The Hall–Kier alpha value is -0.890. The predicted molar refractivity (Wildman–Crippen MR) is 55.8 cm³/mol. The lowest BCUT2D eigenvalue weighted by Crippen LogP contribution is -1.80. The minimum absolute atomic E-state index is 0.136. The maximum Gasteiger partial charge on any atom is 0.123 e. The lowest BCUT2D eigenvalue weighted by atomic mass is 10.1. The van der Waals surface area contributed by atoms with E-state index in [0.29, 0.717) is 0 Å². The highest BCUT2D eigenvalue weighted by atomic mass is 32.1. The van der Waals surface area contributed by atoms with Gasteiger partial charge < -0.3 is 0 Å². The van der Waals surface area contributed by atoms with Crippen molar-refractivity contribution in [2.24, 2.45) is 0 Å². The van der Waals surface area contributed by atoms with E-state index in [1.807, 2.05) is 6.07 Å². The molecular formula is C11H11FS. The Bertz CT molecular complexity index is 417. The molecule has 0 fully saturated rings. The van der Waals surface area contributed by atoms with Crippen LogP contribution in [0.4, 0.5) is 4.39 Å². The summed E-state index contributed by atoms with van der Waals surface area (Å²) in [5.74, 6) is -0.136. The van der Waals surface area contributed by atoms with Gasteiger partial charge in [-0.25, -0.2) is 4.39 Å². The minimum atomic E-state index is -0.136. The lowest BCUT2D eigenvalue weighted by molar-refractivity contribution is 0.629. The highest BCUT2D eigenvalue weighted by Crippen LogP contribution is 2.27. The van der Waals surface area contributed by atoms with E-state index in [-0.39, 0.29) is 5.82 Å². The summed E-state index contributed by atoms with van der Waals surface area (Å²) in [6.07, 6.45) is 2.16. The molecule has 2 aromatic rings. The molecule has 0 aliphatic carbocycles. The molecule has 0 N–H and O–H groups in total. The molecule has 1 aromatic heterocycles. The van der Waals surface area contributed by atoms with Gasteiger partial charge in [-0.05, 0) is 40.9 Å². The third-order valence-corrected chi connectivity index (χ3v) is 3.15. The van der Waals surface area contributed by atoms with Crippen LogP contribution in [0.3, 0.4) is 0 Å². The summed E-state index contributed by atoms with van der Waals surface area (Å²) in [4.78, 5) is 0. The van der Waals surface area contributed by atoms with Crippen LogP contribution < -0.4 is 0 Å². The molecule has 68 valence electrons. The van der Waals surface area contributed by atoms with Crippen molar-refractivity contribution in [3.05, 3.63) is 35.0 Å². The Kier molecular flexibility index (Phi) is 2.32. The Morgan fingerprint density at radius 2 is 2.23 bits per heavy atom. The fraction of sp³-hybridized carbons (Fsp3) is 0.273. The predicted octanol–water partition coefficient (Wildman–Crippen LogP) is 3.99. The Morgan fingerprint density at radius 3 is 3.00 bits per heavy atom. The summed E-state index contributed by atoms with van der Waals surface area (Å²) in [6, 6.07) is 5.01. The molecule has 0 radical (unpaired) electrons. The first-order valence-corrected chi connectivity index (χ1v) is 5.35. The van der Waals surface area contributed by atoms with E-state index in [1.54, 1.807) is 17.4 Å². The molecular weight excluding hydrogens is 183 g/mol. The van der Waals surface area contributed by atoms with Crippen LogP contribution in [0.2, 0.25) is 0 Å². The molecule has 0 aliphatic rings. The number of thiophene rings is 1. The van der Waals surface area contributed by atoms with Crippen LogP contribution in [-0.2, 0) is 6.42 Å². The van der Waals surface area contributed by atoms with Gasteiger partial charge in [0.1, 0.15) is 5.82 Å². The third kappa shape index (κ3) is 1.59. The maximum absolute atomic E-state index is 12.9. The maximum atomic E-state index is 12.9. The van der Waals surface area contributed by atoms with Crippen molar-refractivity contribution in [3.63, 3.8) is 0 Å². The van der Waals surface area contributed by atoms with Gasteiger partial charge in [0, 0.05) is 4.70 Å². The van der Waals surface area contributed by atoms with Crippen molar-refractivity contribution in [1.82, 2.24) is 0 Å². The van der Waals surface area contributed by atoms with Gasteiger partial charge >= 0.3 is 0 Å². The van der Waals surface area contributed by atoms with E-state index in [2.05, 4.69) is 12.3 Å². The zero-order valence-electron chi connectivity index (χ0n) is 7.51. The van der Waals surface area contributed by atoms with Crippen LogP contribution >= 0.6 is 11.3 Å². The molecule has 1 heterocycles.